The van der Waals surface area contributed by atoms with Gasteiger partial charge in [0.25, 0.3) is 0 Å². The highest BCUT2D eigenvalue weighted by molar-refractivity contribution is 5.92. The smallest absolute Gasteiger partial charge is 0.419 e. The van der Waals surface area contributed by atoms with Crippen molar-refractivity contribution in [3.63, 3.8) is 0 Å². The minimum Gasteiger partial charge on any atom is -0.493 e. The van der Waals surface area contributed by atoms with E-state index < -0.39 is 23.6 Å². The molecule has 1 aromatic rings. The van der Waals surface area contributed by atoms with Gasteiger partial charge < -0.3 is 19.9 Å². The minimum atomic E-state index is -4.70. The van der Waals surface area contributed by atoms with Gasteiger partial charge in [-0.3, -0.25) is 0 Å². The van der Waals surface area contributed by atoms with Crippen molar-refractivity contribution in [2.75, 3.05) is 13.2 Å². The van der Waals surface area contributed by atoms with Crippen LogP contribution in [0.3, 0.4) is 0 Å². The van der Waals surface area contributed by atoms with Crippen molar-refractivity contribution in [2.45, 2.75) is 32.9 Å². The van der Waals surface area contributed by atoms with Crippen LogP contribution in [-0.4, -0.2) is 19.2 Å². The molecule has 1 unspecified atom stereocenters. The summed E-state index contributed by atoms with van der Waals surface area (Å²) in [7, 11) is 0. The van der Waals surface area contributed by atoms with Gasteiger partial charge in [0.2, 0.25) is 5.88 Å². The van der Waals surface area contributed by atoms with Gasteiger partial charge in [0.05, 0.1) is 30.3 Å². The van der Waals surface area contributed by atoms with E-state index in [1.807, 2.05) is 6.07 Å². The number of nitriles is 1. The molecule has 2 rings (SSSR count). The molecule has 1 aromatic carbocycles. The number of esters is 1. The van der Waals surface area contributed by atoms with Crippen LogP contribution in [-0.2, 0) is 20.4 Å². The Balaban J connectivity index is 2.71. The maximum atomic E-state index is 13.5. The van der Waals surface area contributed by atoms with Crippen LogP contribution in [0.1, 0.15) is 37.8 Å². The molecule has 28 heavy (non-hydrogen) atoms. The summed E-state index contributed by atoms with van der Waals surface area (Å²) in [4.78, 5) is 12.4. The predicted octanol–water partition coefficient (Wildman–Crippen LogP) is 3.75. The number of hydrogen-bond donors (Lipinski definition) is 1. The molecule has 1 aliphatic rings. The largest absolute Gasteiger partial charge is 0.493 e. The molecule has 0 bridgehead atoms. The molecule has 0 aromatic heterocycles. The quantitative estimate of drug-likeness (QED) is 0.762. The molecular weight excluding hydrogens is 377 g/mol. The fraction of sp³-hybridized carbons (Fsp3) is 0.368. The van der Waals surface area contributed by atoms with Crippen molar-refractivity contribution in [3.05, 3.63) is 52.1 Å². The van der Waals surface area contributed by atoms with Crippen LogP contribution in [0.25, 0.3) is 0 Å². The van der Waals surface area contributed by atoms with Crippen LogP contribution in [0, 0.1) is 11.3 Å². The number of nitrogens with zero attached hydrogens (tertiary/aromatic N) is 1. The monoisotopic (exact) mass is 396 g/mol. The number of carbonyl (C=O) groups excluding carboxylic acids is 1. The second kappa shape index (κ2) is 8.25. The fourth-order valence-electron chi connectivity index (χ4n) is 2.92. The van der Waals surface area contributed by atoms with E-state index in [1.165, 1.54) is 13.0 Å². The number of carbonyl (C=O) groups is 1. The lowest BCUT2D eigenvalue weighted by atomic mass is 9.82. The molecule has 0 spiro atoms. The van der Waals surface area contributed by atoms with Gasteiger partial charge in [-0.05, 0) is 38.5 Å². The van der Waals surface area contributed by atoms with Gasteiger partial charge in [-0.1, -0.05) is 6.07 Å². The molecule has 0 fully saturated rings. The van der Waals surface area contributed by atoms with Gasteiger partial charge in [0.1, 0.15) is 23.2 Å². The molecule has 1 heterocycles. The van der Waals surface area contributed by atoms with Crippen molar-refractivity contribution in [1.29, 1.82) is 5.26 Å². The normalized spacial score (nSPS) is 17.1. The average molecular weight is 396 g/mol. The number of alkyl halides is 3. The highest BCUT2D eigenvalue weighted by Gasteiger charge is 2.39. The van der Waals surface area contributed by atoms with E-state index in [0.717, 1.165) is 12.1 Å². The van der Waals surface area contributed by atoms with Gasteiger partial charge >= 0.3 is 12.1 Å². The third-order valence-electron chi connectivity index (χ3n) is 4.04. The van der Waals surface area contributed by atoms with Crippen molar-refractivity contribution in [3.8, 4) is 11.8 Å². The summed E-state index contributed by atoms with van der Waals surface area (Å²) in [5.74, 6) is -2.52. The summed E-state index contributed by atoms with van der Waals surface area (Å²) in [5, 5.41) is 9.49. The van der Waals surface area contributed by atoms with E-state index in [4.69, 9.17) is 19.9 Å². The van der Waals surface area contributed by atoms with Crippen molar-refractivity contribution >= 4 is 5.97 Å². The molecule has 9 heteroatoms. The zero-order valence-electron chi connectivity index (χ0n) is 15.5. The highest BCUT2D eigenvalue weighted by atomic mass is 19.4. The van der Waals surface area contributed by atoms with Crippen LogP contribution >= 0.6 is 0 Å². The summed E-state index contributed by atoms with van der Waals surface area (Å²) in [6.07, 6.45) is -4.70. The van der Waals surface area contributed by atoms with Gasteiger partial charge in [0, 0.05) is 0 Å². The summed E-state index contributed by atoms with van der Waals surface area (Å²) in [6, 6.07) is 5.18. The van der Waals surface area contributed by atoms with Crippen LogP contribution in [0.5, 0.6) is 5.75 Å². The maximum Gasteiger partial charge on any atom is 0.419 e. The lowest BCUT2D eigenvalue weighted by Crippen LogP contribution is -2.26. The molecule has 6 nitrogen and oxygen atoms in total. The molecule has 1 atom stereocenters. The number of nitrogens with two attached hydrogens (primary N) is 1. The van der Waals surface area contributed by atoms with E-state index >= 15 is 0 Å². The molecule has 0 aliphatic carbocycles. The molecule has 0 amide bonds. The summed E-state index contributed by atoms with van der Waals surface area (Å²) in [6.45, 7) is 4.67. The predicted molar refractivity (Wildman–Crippen MR) is 92.6 cm³/mol. The number of hydrogen-bond acceptors (Lipinski definition) is 6. The Morgan fingerprint density at radius 2 is 2.00 bits per heavy atom. The van der Waals surface area contributed by atoms with E-state index in [9.17, 15) is 23.2 Å². The fourth-order valence-corrected chi connectivity index (χ4v) is 2.92. The van der Waals surface area contributed by atoms with Crippen LogP contribution in [0.4, 0.5) is 13.2 Å². The number of ether oxygens (including phenoxy) is 3. The molecule has 0 radical (unpaired) electrons. The molecular formula is C19H19F3N2O4. The maximum absolute atomic E-state index is 13.5. The third kappa shape index (κ3) is 4.06. The first kappa shape index (κ1) is 21.2. The van der Waals surface area contributed by atoms with E-state index in [2.05, 4.69) is 0 Å². The van der Waals surface area contributed by atoms with Gasteiger partial charge in [-0.2, -0.15) is 18.4 Å². The van der Waals surface area contributed by atoms with E-state index in [0.29, 0.717) is 0 Å². The summed E-state index contributed by atoms with van der Waals surface area (Å²) in [5.41, 5.74) is 4.52. The number of benzene rings is 1. The zero-order chi connectivity index (χ0) is 21.1. The Morgan fingerprint density at radius 1 is 1.32 bits per heavy atom. The summed E-state index contributed by atoms with van der Waals surface area (Å²) < 4.78 is 55.9. The SMILES string of the molecule is CCOC(=O)C1=C(C)OC(N)=C(C#N)C1c1ccc(OCC)c(C(F)(F)F)c1. The Bertz CT molecular complexity index is 882. The first-order valence-electron chi connectivity index (χ1n) is 8.45. The Kier molecular flexibility index (Phi) is 6.23. The Hall–Kier alpha value is -3.15. The first-order valence-corrected chi connectivity index (χ1v) is 8.45. The third-order valence-corrected chi connectivity index (χ3v) is 4.04. The lowest BCUT2D eigenvalue weighted by Gasteiger charge is -2.27. The number of rotatable bonds is 5. The Labute approximate surface area is 160 Å². The van der Waals surface area contributed by atoms with Crippen LogP contribution in [0.15, 0.2) is 41.0 Å². The topological polar surface area (TPSA) is 94.6 Å². The van der Waals surface area contributed by atoms with Crippen LogP contribution in [0.2, 0.25) is 0 Å². The molecule has 0 saturated carbocycles. The lowest BCUT2D eigenvalue weighted by molar-refractivity contribution is -0.139. The second-order valence-electron chi connectivity index (χ2n) is 5.80. The van der Waals surface area contributed by atoms with Crippen molar-refractivity contribution in [1.82, 2.24) is 0 Å². The second-order valence-corrected chi connectivity index (χ2v) is 5.80. The first-order chi connectivity index (χ1) is 13.1. The number of halogens is 3. The summed E-state index contributed by atoms with van der Waals surface area (Å²) >= 11 is 0. The van der Waals surface area contributed by atoms with Gasteiger partial charge in [-0.25, -0.2) is 4.79 Å². The van der Waals surface area contributed by atoms with E-state index in [-0.39, 0.29) is 47.3 Å². The number of allylic oxidation sites excluding steroid dienone is 2. The average Bonchev–Trinajstić information content (AvgIpc) is 2.61. The molecule has 150 valence electrons. The standard InChI is InChI=1S/C19H19F3N2O4/c1-4-26-14-7-6-11(8-13(14)19(20,21)22)16-12(9-23)17(24)28-10(3)15(16)18(25)27-5-2/h6-8,16H,4-5,24H2,1-3H3. The Morgan fingerprint density at radius 3 is 2.54 bits per heavy atom. The van der Waals surface area contributed by atoms with Crippen molar-refractivity contribution < 1.29 is 32.2 Å². The molecule has 1 aliphatic heterocycles. The van der Waals surface area contributed by atoms with Crippen molar-refractivity contribution in [2.24, 2.45) is 5.73 Å². The minimum absolute atomic E-state index is 0.0422. The molecule has 2 N–H and O–H groups in total. The zero-order valence-corrected chi connectivity index (χ0v) is 15.5. The molecule has 0 saturated heterocycles. The van der Waals surface area contributed by atoms with Crippen LogP contribution < -0.4 is 10.5 Å². The van der Waals surface area contributed by atoms with Gasteiger partial charge in [-0.15, -0.1) is 0 Å². The highest BCUT2D eigenvalue weighted by Crippen LogP contribution is 2.43. The van der Waals surface area contributed by atoms with E-state index in [1.54, 1.807) is 13.8 Å². The van der Waals surface area contributed by atoms with Gasteiger partial charge in [0.15, 0.2) is 0 Å².